The number of nitrogens with zero attached hydrogens (tertiary/aromatic N) is 2. The normalized spacial score (nSPS) is 21.6. The molecule has 2 heterocycles. The fourth-order valence-electron chi connectivity index (χ4n) is 4.88. The number of amides is 3. The first kappa shape index (κ1) is 21.5. The zero-order valence-electron chi connectivity index (χ0n) is 17.1. The van der Waals surface area contributed by atoms with E-state index in [9.17, 15) is 14.4 Å². The molecule has 2 aliphatic heterocycles. The van der Waals surface area contributed by atoms with Crippen molar-refractivity contribution >= 4 is 33.7 Å². The molecule has 4 rings (SSSR count). The molecule has 0 radical (unpaired) electrons. The molecular formula is C22H28BrN3O4. The quantitative estimate of drug-likeness (QED) is 0.636. The van der Waals surface area contributed by atoms with Crippen molar-refractivity contribution in [2.75, 3.05) is 39.4 Å². The number of halogens is 1. The Morgan fingerprint density at radius 2 is 1.77 bits per heavy atom. The van der Waals surface area contributed by atoms with Crippen LogP contribution in [0.25, 0.3) is 0 Å². The molecule has 0 aromatic heterocycles. The van der Waals surface area contributed by atoms with E-state index < -0.39 is 0 Å². The lowest BCUT2D eigenvalue weighted by Crippen LogP contribution is -2.59. The van der Waals surface area contributed by atoms with E-state index in [1.54, 1.807) is 18.2 Å². The lowest BCUT2D eigenvalue weighted by Gasteiger charge is -2.48. The van der Waals surface area contributed by atoms with Gasteiger partial charge in [-0.25, -0.2) is 0 Å². The molecule has 162 valence electrons. The third-order valence-corrected chi connectivity index (χ3v) is 7.07. The summed E-state index contributed by atoms with van der Waals surface area (Å²) >= 11 is 3.33. The molecule has 0 atom stereocenters. The monoisotopic (exact) mass is 477 g/mol. The van der Waals surface area contributed by atoms with E-state index in [1.165, 1.54) is 24.2 Å². The van der Waals surface area contributed by atoms with Crippen LogP contribution in [0, 0.1) is 0 Å². The SMILES string of the molecule is O=C(CCN1C(=O)c2ccc(Br)cc2C1=O)NCC1(N2CCOCC2)CCCCC1. The summed E-state index contributed by atoms with van der Waals surface area (Å²) in [6.07, 6.45) is 5.89. The largest absolute Gasteiger partial charge is 0.379 e. The summed E-state index contributed by atoms with van der Waals surface area (Å²) in [6, 6.07) is 5.05. The number of ether oxygens (including phenoxy) is 1. The van der Waals surface area contributed by atoms with Crippen LogP contribution < -0.4 is 5.32 Å². The molecule has 3 amide bonds. The molecule has 1 aliphatic carbocycles. The molecule has 7 nitrogen and oxygen atoms in total. The number of hydrogen-bond acceptors (Lipinski definition) is 5. The summed E-state index contributed by atoms with van der Waals surface area (Å²) in [5, 5.41) is 3.10. The van der Waals surface area contributed by atoms with E-state index in [2.05, 4.69) is 26.1 Å². The highest BCUT2D eigenvalue weighted by molar-refractivity contribution is 9.10. The zero-order valence-corrected chi connectivity index (χ0v) is 18.7. The van der Waals surface area contributed by atoms with Gasteiger partial charge in [0.2, 0.25) is 5.91 Å². The smallest absolute Gasteiger partial charge is 0.261 e. The number of morpholine rings is 1. The molecule has 3 aliphatic rings. The van der Waals surface area contributed by atoms with Gasteiger partial charge in [0.25, 0.3) is 11.8 Å². The highest BCUT2D eigenvalue weighted by Gasteiger charge is 2.39. The van der Waals surface area contributed by atoms with E-state index in [0.717, 1.165) is 43.6 Å². The second kappa shape index (κ2) is 9.16. The molecule has 0 unspecified atom stereocenters. The van der Waals surface area contributed by atoms with Gasteiger partial charge in [0, 0.05) is 42.6 Å². The van der Waals surface area contributed by atoms with Gasteiger partial charge >= 0.3 is 0 Å². The maximum Gasteiger partial charge on any atom is 0.261 e. The topological polar surface area (TPSA) is 79.0 Å². The molecule has 0 spiro atoms. The van der Waals surface area contributed by atoms with E-state index in [1.807, 2.05) is 0 Å². The van der Waals surface area contributed by atoms with Crippen LogP contribution >= 0.6 is 15.9 Å². The van der Waals surface area contributed by atoms with Crippen molar-refractivity contribution in [1.29, 1.82) is 0 Å². The Labute approximate surface area is 185 Å². The number of nitrogens with one attached hydrogen (secondary N) is 1. The van der Waals surface area contributed by atoms with Gasteiger partial charge in [-0.1, -0.05) is 35.2 Å². The van der Waals surface area contributed by atoms with Gasteiger partial charge in [-0.3, -0.25) is 24.2 Å². The molecule has 1 N–H and O–H groups in total. The van der Waals surface area contributed by atoms with Crippen LogP contribution in [-0.2, 0) is 9.53 Å². The molecule has 1 aromatic rings. The fraction of sp³-hybridized carbons (Fsp3) is 0.591. The average Bonchev–Trinajstić information content (AvgIpc) is 3.01. The number of rotatable bonds is 6. The summed E-state index contributed by atoms with van der Waals surface area (Å²) in [5.41, 5.74) is 0.791. The Balaban J connectivity index is 1.33. The molecular weight excluding hydrogens is 450 g/mol. The Kier molecular flexibility index (Phi) is 6.55. The summed E-state index contributed by atoms with van der Waals surface area (Å²) < 4.78 is 6.26. The second-order valence-electron chi connectivity index (χ2n) is 8.36. The van der Waals surface area contributed by atoms with Crippen molar-refractivity contribution in [2.45, 2.75) is 44.1 Å². The molecule has 0 bridgehead atoms. The van der Waals surface area contributed by atoms with Crippen LogP contribution in [0.5, 0.6) is 0 Å². The molecule has 30 heavy (non-hydrogen) atoms. The standard InChI is InChI=1S/C22H28BrN3O4/c23-16-4-5-17-18(14-16)21(29)26(20(17)28)9-6-19(27)24-15-22(7-2-1-3-8-22)25-10-12-30-13-11-25/h4-5,14H,1-3,6-13,15H2,(H,24,27). The van der Waals surface area contributed by atoms with Gasteiger partial charge in [0.05, 0.1) is 24.3 Å². The number of hydrogen-bond donors (Lipinski definition) is 1. The van der Waals surface area contributed by atoms with E-state index in [4.69, 9.17) is 4.74 Å². The Morgan fingerprint density at radius 1 is 1.07 bits per heavy atom. The Morgan fingerprint density at radius 3 is 2.50 bits per heavy atom. The molecule has 8 heteroatoms. The average molecular weight is 478 g/mol. The minimum atomic E-state index is -0.332. The lowest BCUT2D eigenvalue weighted by molar-refractivity contribution is -0.122. The Bertz CT molecular complexity index is 832. The third-order valence-electron chi connectivity index (χ3n) is 6.58. The van der Waals surface area contributed by atoms with Crippen molar-refractivity contribution in [2.24, 2.45) is 0 Å². The van der Waals surface area contributed by atoms with E-state index in [0.29, 0.717) is 17.7 Å². The minimum Gasteiger partial charge on any atom is -0.379 e. The van der Waals surface area contributed by atoms with Gasteiger partial charge in [-0.05, 0) is 31.0 Å². The van der Waals surface area contributed by atoms with Crippen molar-refractivity contribution in [3.63, 3.8) is 0 Å². The molecule has 1 saturated heterocycles. The van der Waals surface area contributed by atoms with Gasteiger partial charge < -0.3 is 10.1 Å². The third kappa shape index (κ3) is 4.31. The minimum absolute atomic E-state index is 0.000510. The van der Waals surface area contributed by atoms with Gasteiger partial charge in [-0.15, -0.1) is 0 Å². The van der Waals surface area contributed by atoms with Crippen LogP contribution in [0.1, 0.15) is 59.2 Å². The lowest BCUT2D eigenvalue weighted by atomic mass is 9.79. The van der Waals surface area contributed by atoms with Gasteiger partial charge in [0.15, 0.2) is 0 Å². The number of imide groups is 1. The first-order chi connectivity index (χ1) is 14.5. The number of fused-ring (bicyclic) bond motifs is 1. The summed E-state index contributed by atoms with van der Waals surface area (Å²) in [6.45, 7) is 4.00. The van der Waals surface area contributed by atoms with Gasteiger partial charge in [-0.2, -0.15) is 0 Å². The fourth-order valence-corrected chi connectivity index (χ4v) is 5.24. The maximum absolute atomic E-state index is 12.6. The number of carbonyl (C=O) groups excluding carboxylic acids is 3. The van der Waals surface area contributed by atoms with Crippen LogP contribution in [0.15, 0.2) is 22.7 Å². The molecule has 1 saturated carbocycles. The van der Waals surface area contributed by atoms with Crippen molar-refractivity contribution in [1.82, 2.24) is 15.1 Å². The summed E-state index contributed by atoms with van der Waals surface area (Å²) in [5.74, 6) is -0.778. The van der Waals surface area contributed by atoms with Crippen LogP contribution in [0.2, 0.25) is 0 Å². The van der Waals surface area contributed by atoms with E-state index in [-0.39, 0.29) is 36.2 Å². The molecule has 2 fully saturated rings. The van der Waals surface area contributed by atoms with E-state index >= 15 is 0 Å². The van der Waals surface area contributed by atoms with Gasteiger partial charge in [0.1, 0.15) is 0 Å². The van der Waals surface area contributed by atoms with Crippen LogP contribution in [-0.4, -0.2) is 72.5 Å². The predicted molar refractivity (Wildman–Crippen MR) is 115 cm³/mol. The van der Waals surface area contributed by atoms with Crippen LogP contribution in [0.4, 0.5) is 0 Å². The first-order valence-corrected chi connectivity index (χ1v) is 11.5. The molecule has 1 aromatic carbocycles. The maximum atomic E-state index is 12.6. The van der Waals surface area contributed by atoms with Crippen LogP contribution in [0.3, 0.4) is 0 Å². The highest BCUT2D eigenvalue weighted by atomic mass is 79.9. The highest BCUT2D eigenvalue weighted by Crippen LogP contribution is 2.34. The zero-order chi connectivity index (χ0) is 21.1. The Hall–Kier alpha value is -1.77. The van der Waals surface area contributed by atoms with Crippen molar-refractivity contribution < 1.29 is 19.1 Å². The number of carbonyl (C=O) groups is 3. The first-order valence-electron chi connectivity index (χ1n) is 10.8. The second-order valence-corrected chi connectivity index (χ2v) is 9.28. The van der Waals surface area contributed by atoms with Crippen molar-refractivity contribution in [3.05, 3.63) is 33.8 Å². The van der Waals surface area contributed by atoms with Crippen molar-refractivity contribution in [3.8, 4) is 0 Å². The summed E-state index contributed by atoms with van der Waals surface area (Å²) in [4.78, 5) is 41.4. The predicted octanol–water partition coefficient (Wildman–Crippen LogP) is 2.59. The number of benzene rings is 1. The summed E-state index contributed by atoms with van der Waals surface area (Å²) in [7, 11) is 0.